The minimum absolute atomic E-state index is 0.104. The predicted octanol–water partition coefficient (Wildman–Crippen LogP) is 11.2. The normalized spacial score (nSPS) is 18.4. The first-order valence-electron chi connectivity index (χ1n) is 29.7. The summed E-state index contributed by atoms with van der Waals surface area (Å²) in [5.74, 6) is -1.34. The third-order valence-electron chi connectivity index (χ3n) is 17.8. The molecule has 2 atom stereocenters. The van der Waals surface area contributed by atoms with Crippen LogP contribution in [0, 0.1) is 23.7 Å². The Morgan fingerprint density at radius 3 is 1.23 bits per heavy atom. The van der Waals surface area contributed by atoms with E-state index in [0.717, 1.165) is 117 Å². The molecule has 4 amide bonds. The lowest BCUT2D eigenvalue weighted by Crippen LogP contribution is -2.57. The van der Waals surface area contributed by atoms with Gasteiger partial charge in [0, 0.05) is 108 Å². The van der Waals surface area contributed by atoms with E-state index in [1.165, 1.54) is 41.5 Å². The van der Waals surface area contributed by atoms with Gasteiger partial charge in [0.1, 0.15) is 12.0 Å². The van der Waals surface area contributed by atoms with Crippen molar-refractivity contribution in [2.75, 3.05) is 103 Å². The number of piperidine rings is 4. The zero-order valence-electron chi connectivity index (χ0n) is 49.6. The molecule has 0 spiro atoms. The summed E-state index contributed by atoms with van der Waals surface area (Å²) < 4.78 is 88.7. The molecule has 5 aromatic rings. The van der Waals surface area contributed by atoms with Crippen molar-refractivity contribution in [3.05, 3.63) is 147 Å². The Kier molecular flexibility index (Phi) is 22.1. The smallest absolute Gasteiger partial charge is 0.371 e. The predicted molar refractivity (Wildman–Crippen MR) is 321 cm³/mol. The lowest BCUT2D eigenvalue weighted by molar-refractivity contribution is -0.263. The zero-order valence-corrected chi connectivity index (χ0v) is 51.1. The number of aromatic nitrogens is 1. The van der Waals surface area contributed by atoms with Gasteiger partial charge in [0.25, 0.3) is 34.8 Å². The van der Waals surface area contributed by atoms with Gasteiger partial charge in [0.05, 0.1) is 27.7 Å². The highest BCUT2D eigenvalue weighted by Gasteiger charge is 2.63. The summed E-state index contributed by atoms with van der Waals surface area (Å²) in [5.41, 5.74) is -4.56. The van der Waals surface area contributed by atoms with Gasteiger partial charge in [-0.1, -0.05) is 89.0 Å². The van der Waals surface area contributed by atoms with Crippen molar-refractivity contribution in [3.8, 4) is 0 Å². The number of aliphatic hydroxyl groups is 2. The fraction of sp³-hybridized carbons (Fsp3) is 0.516. The van der Waals surface area contributed by atoms with Crippen LogP contribution < -0.4 is 9.80 Å². The molecule has 4 aliphatic heterocycles. The Hall–Kier alpha value is -6.39. The number of likely N-dealkylation sites (N-methyl/N-ethyl adjacent to an activating group) is 2. The van der Waals surface area contributed by atoms with Gasteiger partial charge in [-0.25, -0.2) is 0 Å². The number of carbonyl (C=O) groups excluding carboxylic acids is 4. The number of nitrogens with zero attached hydrogens (tertiary/aromatic N) is 8. The second-order valence-electron chi connectivity index (χ2n) is 24.0. The van der Waals surface area contributed by atoms with Crippen molar-refractivity contribution in [1.82, 2.24) is 29.7 Å². The van der Waals surface area contributed by atoms with Gasteiger partial charge in [-0.2, -0.15) is 26.3 Å². The van der Waals surface area contributed by atoms with Crippen molar-refractivity contribution in [2.45, 2.75) is 94.3 Å². The summed E-state index contributed by atoms with van der Waals surface area (Å²) in [6, 6.07) is 25.9. The maximum atomic E-state index is 14.0. The van der Waals surface area contributed by atoms with Gasteiger partial charge < -0.3 is 49.0 Å². The average molecular weight is 1260 g/mol. The highest BCUT2D eigenvalue weighted by molar-refractivity contribution is 6.34. The first-order chi connectivity index (χ1) is 41.3. The second kappa shape index (κ2) is 28.8. The number of hydrogen-bond donors (Lipinski definition) is 2. The van der Waals surface area contributed by atoms with Crippen LogP contribution in [0.3, 0.4) is 0 Å². The maximum Gasteiger partial charge on any atom is 0.430 e. The van der Waals surface area contributed by atoms with Crippen molar-refractivity contribution < 1.29 is 60.3 Å². The average Bonchev–Trinajstić information content (AvgIpc) is 1.15. The standard InChI is InChI=1S/C32H36ClF3N4O4.C32H42ClF3N4O3/c1-38(21-25-13-18-44-37-25)29(41)27-8-7-26(20-28(27)33)39-14-9-22(10-15-39)19-23-11-16-40(17-12-23)30(42)31(43,32(34,35)36)24-5-3-2-4-6-24;1-37(2)19-20-38(3)29(41)27-10-9-26(22-28(27)33)39-15-11-23(12-16-39)21-24-13-17-40(18-14-24)30(42)31(43,32(34,35)36)25-7-5-4-6-8-25/h2-8,13,18,20,22-23,43H,9-12,14-17,19,21H2,1H3;4-10,22-24,43H,11-21H2,1-3H3/t2*31-/m11/s1. The van der Waals surface area contributed by atoms with Crippen LogP contribution in [0.4, 0.5) is 37.7 Å². The lowest BCUT2D eigenvalue weighted by Gasteiger charge is -2.40. The molecule has 15 nitrogen and oxygen atoms in total. The molecule has 87 heavy (non-hydrogen) atoms. The Bertz CT molecular complexity index is 3080. The van der Waals surface area contributed by atoms with Crippen LogP contribution >= 0.6 is 23.2 Å². The van der Waals surface area contributed by atoms with Crippen LogP contribution in [0.25, 0.3) is 0 Å². The van der Waals surface area contributed by atoms with Crippen molar-refractivity contribution in [2.24, 2.45) is 23.7 Å². The molecule has 1 aromatic heterocycles. The molecule has 4 aromatic carbocycles. The number of hydrogen-bond acceptors (Lipinski definition) is 11. The third kappa shape index (κ3) is 15.9. The molecule has 0 bridgehead atoms. The molecule has 4 aliphatic rings. The molecular formula is C64H78Cl2F6N8O7. The van der Waals surface area contributed by atoms with Crippen LogP contribution in [0.15, 0.2) is 114 Å². The van der Waals surface area contributed by atoms with Crippen LogP contribution in [0.5, 0.6) is 0 Å². The van der Waals surface area contributed by atoms with E-state index >= 15 is 0 Å². The monoisotopic (exact) mass is 1250 g/mol. The van der Waals surface area contributed by atoms with E-state index in [2.05, 4.69) is 15.0 Å². The minimum Gasteiger partial charge on any atom is -0.371 e. The number of halogens is 8. The Labute approximate surface area is 514 Å². The third-order valence-corrected chi connectivity index (χ3v) is 18.4. The molecule has 472 valence electrons. The molecule has 0 aliphatic carbocycles. The van der Waals surface area contributed by atoms with Crippen LogP contribution in [-0.2, 0) is 27.3 Å². The largest absolute Gasteiger partial charge is 0.430 e. The summed E-state index contributed by atoms with van der Waals surface area (Å²) in [6.07, 6.45) is -0.585. The van der Waals surface area contributed by atoms with Crippen molar-refractivity contribution in [1.29, 1.82) is 0 Å². The molecular weight excluding hydrogens is 1180 g/mol. The molecule has 0 radical (unpaired) electrons. The molecule has 4 fully saturated rings. The van der Waals surface area contributed by atoms with E-state index in [1.54, 1.807) is 43.3 Å². The molecule has 4 saturated heterocycles. The zero-order chi connectivity index (χ0) is 62.8. The summed E-state index contributed by atoms with van der Waals surface area (Å²) >= 11 is 13.1. The molecule has 9 rings (SSSR count). The van der Waals surface area contributed by atoms with Crippen molar-refractivity contribution >= 4 is 58.2 Å². The maximum absolute atomic E-state index is 14.0. The van der Waals surface area contributed by atoms with Gasteiger partial charge in [-0.05, 0) is 138 Å². The Balaban J connectivity index is 0.000000226. The van der Waals surface area contributed by atoms with Crippen LogP contribution in [-0.4, -0.2) is 169 Å². The summed E-state index contributed by atoms with van der Waals surface area (Å²) in [4.78, 5) is 63.9. The Morgan fingerprint density at radius 2 is 0.897 bits per heavy atom. The number of carbonyl (C=O) groups is 4. The molecule has 0 saturated carbocycles. The molecule has 23 heteroatoms. The lowest BCUT2D eigenvalue weighted by atomic mass is 9.82. The van der Waals surface area contributed by atoms with E-state index in [9.17, 15) is 55.7 Å². The van der Waals surface area contributed by atoms with Crippen LogP contribution in [0.2, 0.25) is 10.0 Å². The second-order valence-corrected chi connectivity index (χ2v) is 24.8. The fourth-order valence-corrected chi connectivity index (χ4v) is 12.9. The highest BCUT2D eigenvalue weighted by Crippen LogP contribution is 2.44. The summed E-state index contributed by atoms with van der Waals surface area (Å²) in [6.45, 7) is 5.79. The minimum atomic E-state index is -5.13. The van der Waals surface area contributed by atoms with E-state index in [0.29, 0.717) is 89.3 Å². The quantitative estimate of drug-likeness (QED) is 0.0854. The van der Waals surface area contributed by atoms with Gasteiger partial charge in [0.15, 0.2) is 0 Å². The Morgan fingerprint density at radius 1 is 0.529 bits per heavy atom. The first-order valence-corrected chi connectivity index (χ1v) is 30.5. The number of rotatable bonds is 17. The number of alkyl halides is 6. The first kappa shape index (κ1) is 66.6. The fourth-order valence-electron chi connectivity index (χ4n) is 12.4. The summed E-state index contributed by atoms with van der Waals surface area (Å²) in [5, 5.41) is 26.0. The van der Waals surface area contributed by atoms with Crippen LogP contribution in [0.1, 0.15) is 102 Å². The van der Waals surface area contributed by atoms with Gasteiger partial charge in [-0.15, -0.1) is 0 Å². The number of likely N-dealkylation sites (tertiary alicyclic amines) is 2. The summed E-state index contributed by atoms with van der Waals surface area (Å²) in [7, 11) is 7.38. The highest BCUT2D eigenvalue weighted by atomic mass is 35.5. The van der Waals surface area contributed by atoms with Gasteiger partial charge >= 0.3 is 12.4 Å². The molecule has 0 unspecified atom stereocenters. The number of benzene rings is 4. The molecule has 2 N–H and O–H groups in total. The van der Waals surface area contributed by atoms with E-state index in [-0.39, 0.29) is 38.0 Å². The van der Waals surface area contributed by atoms with E-state index in [4.69, 9.17) is 27.7 Å². The number of anilines is 2. The topological polar surface area (TPSA) is 157 Å². The van der Waals surface area contributed by atoms with Gasteiger partial charge in [-0.3, -0.25) is 19.2 Å². The molecule has 5 heterocycles. The SMILES string of the molecule is CN(C)CCN(C)C(=O)c1ccc(N2CCC(CC3CCN(C(=O)[C@](O)(c4ccccc4)C(F)(F)F)CC3)CC2)cc1Cl.CN(Cc1ccon1)C(=O)c1ccc(N2CCC(CC3CCN(C(=O)[C@](O)(c4ccccc4)C(F)(F)F)CC3)CC2)cc1Cl. The van der Waals surface area contributed by atoms with Crippen molar-refractivity contribution in [3.63, 3.8) is 0 Å². The number of amides is 4. The van der Waals surface area contributed by atoms with E-state index < -0.39 is 46.5 Å². The van der Waals surface area contributed by atoms with E-state index in [1.807, 2.05) is 43.3 Å². The van der Waals surface area contributed by atoms with Gasteiger partial charge in [0.2, 0.25) is 0 Å².